The highest BCUT2D eigenvalue weighted by molar-refractivity contribution is 9.10. The van der Waals surface area contributed by atoms with Crippen molar-refractivity contribution in [3.63, 3.8) is 0 Å². The van der Waals surface area contributed by atoms with Gasteiger partial charge < -0.3 is 15.8 Å². The molecule has 0 aromatic carbocycles. The molecule has 1 aliphatic heterocycles. The summed E-state index contributed by atoms with van der Waals surface area (Å²) in [7, 11) is -1.82. The van der Waals surface area contributed by atoms with Crippen molar-refractivity contribution in [3.8, 4) is 0 Å². The number of anilines is 1. The van der Waals surface area contributed by atoms with Gasteiger partial charge in [-0.3, -0.25) is 4.79 Å². The standard InChI is InChI=1S/C14H18BrN5O4S/c1-24-12-7-19(25(2,22)23)6-10(12)18-13-9(14(16)21)4-17-20-5-8(15)3-11(13)20/h3-5,10,12,18H,6-7H2,1-2H3,(H2,16,21). The Morgan fingerprint density at radius 3 is 2.80 bits per heavy atom. The average Bonchev–Trinajstić information content (AvgIpc) is 3.09. The maximum absolute atomic E-state index is 11.8. The van der Waals surface area contributed by atoms with Gasteiger partial charge in [0.15, 0.2) is 0 Å². The van der Waals surface area contributed by atoms with Crippen LogP contribution in [-0.4, -0.2) is 66.8 Å². The molecular formula is C14H18BrN5O4S. The molecule has 0 saturated carbocycles. The van der Waals surface area contributed by atoms with E-state index in [-0.39, 0.29) is 30.8 Å². The number of hydrogen-bond donors (Lipinski definition) is 2. The molecular weight excluding hydrogens is 414 g/mol. The molecule has 2 atom stereocenters. The zero-order chi connectivity index (χ0) is 18.4. The van der Waals surface area contributed by atoms with E-state index < -0.39 is 15.9 Å². The molecule has 0 radical (unpaired) electrons. The number of fused-ring (bicyclic) bond motifs is 1. The number of hydrogen-bond acceptors (Lipinski definition) is 6. The van der Waals surface area contributed by atoms with E-state index in [0.717, 1.165) is 10.7 Å². The van der Waals surface area contributed by atoms with E-state index in [2.05, 4.69) is 26.3 Å². The van der Waals surface area contributed by atoms with Crippen molar-refractivity contribution in [3.05, 3.63) is 28.5 Å². The number of nitrogens with two attached hydrogens (primary N) is 1. The van der Waals surface area contributed by atoms with E-state index in [0.29, 0.717) is 11.2 Å². The Labute approximate surface area is 153 Å². The van der Waals surface area contributed by atoms with Gasteiger partial charge in [-0.15, -0.1) is 0 Å². The third-order valence-electron chi connectivity index (χ3n) is 4.20. The summed E-state index contributed by atoms with van der Waals surface area (Å²) in [5.74, 6) is -0.623. The third-order valence-corrected chi connectivity index (χ3v) is 5.87. The van der Waals surface area contributed by atoms with E-state index in [1.807, 2.05) is 0 Å². The summed E-state index contributed by atoms with van der Waals surface area (Å²) < 4.78 is 32.8. The number of aromatic nitrogens is 2. The predicted octanol–water partition coefficient (Wildman–Crippen LogP) is 0.266. The van der Waals surface area contributed by atoms with Crippen LogP contribution in [0.4, 0.5) is 5.69 Å². The Bertz CT molecular complexity index is 929. The van der Waals surface area contributed by atoms with E-state index >= 15 is 0 Å². The van der Waals surface area contributed by atoms with Gasteiger partial charge in [-0.05, 0) is 22.0 Å². The highest BCUT2D eigenvalue weighted by Crippen LogP contribution is 2.28. The zero-order valence-electron chi connectivity index (χ0n) is 13.6. The minimum absolute atomic E-state index is 0.228. The second-order valence-corrected chi connectivity index (χ2v) is 8.79. The maximum Gasteiger partial charge on any atom is 0.252 e. The van der Waals surface area contributed by atoms with Crippen LogP contribution >= 0.6 is 15.9 Å². The van der Waals surface area contributed by atoms with Crippen molar-refractivity contribution >= 4 is 43.1 Å². The predicted molar refractivity (Wildman–Crippen MR) is 96.0 cm³/mol. The van der Waals surface area contributed by atoms with Crippen LogP contribution in [0.5, 0.6) is 0 Å². The second kappa shape index (κ2) is 6.56. The van der Waals surface area contributed by atoms with Gasteiger partial charge in [0, 0.05) is 30.9 Å². The first-order valence-corrected chi connectivity index (χ1v) is 10.1. The topological polar surface area (TPSA) is 119 Å². The number of halogens is 1. The highest BCUT2D eigenvalue weighted by Gasteiger charge is 2.38. The van der Waals surface area contributed by atoms with Crippen LogP contribution in [0, 0.1) is 0 Å². The van der Waals surface area contributed by atoms with Crippen molar-refractivity contribution in [1.29, 1.82) is 0 Å². The number of carbonyl (C=O) groups is 1. The summed E-state index contributed by atoms with van der Waals surface area (Å²) in [6.07, 6.45) is 3.93. The fourth-order valence-corrected chi connectivity index (χ4v) is 4.20. The number of carbonyl (C=O) groups excluding carboxylic acids is 1. The fourth-order valence-electron chi connectivity index (χ4n) is 2.94. The van der Waals surface area contributed by atoms with Crippen LogP contribution in [0.2, 0.25) is 0 Å². The molecule has 2 aromatic heterocycles. The Kier molecular flexibility index (Phi) is 4.75. The van der Waals surface area contributed by atoms with Gasteiger partial charge in [-0.1, -0.05) is 0 Å². The van der Waals surface area contributed by atoms with Crippen molar-refractivity contribution in [2.24, 2.45) is 5.73 Å². The van der Waals surface area contributed by atoms with Gasteiger partial charge in [0.1, 0.15) is 0 Å². The summed E-state index contributed by atoms with van der Waals surface area (Å²) >= 11 is 3.38. The molecule has 1 saturated heterocycles. The van der Waals surface area contributed by atoms with Crippen molar-refractivity contribution in [2.45, 2.75) is 12.1 Å². The van der Waals surface area contributed by atoms with Gasteiger partial charge in [-0.25, -0.2) is 12.9 Å². The number of sulfonamides is 1. The lowest BCUT2D eigenvalue weighted by molar-refractivity contribution is 0.0998. The number of primary amides is 1. The normalized spacial score (nSPS) is 21.7. The van der Waals surface area contributed by atoms with Crippen LogP contribution < -0.4 is 11.1 Å². The second-order valence-electron chi connectivity index (χ2n) is 5.89. The first-order valence-electron chi connectivity index (χ1n) is 7.42. The molecule has 2 unspecified atom stereocenters. The third kappa shape index (κ3) is 3.50. The van der Waals surface area contributed by atoms with Gasteiger partial charge in [0.25, 0.3) is 5.91 Å². The van der Waals surface area contributed by atoms with E-state index in [1.54, 1.807) is 16.8 Å². The zero-order valence-corrected chi connectivity index (χ0v) is 16.0. The fraction of sp³-hybridized carbons (Fsp3) is 0.429. The molecule has 1 aliphatic rings. The van der Waals surface area contributed by atoms with Gasteiger partial charge in [-0.2, -0.15) is 9.40 Å². The van der Waals surface area contributed by atoms with Crippen LogP contribution in [0.15, 0.2) is 22.9 Å². The number of methoxy groups -OCH3 is 1. The minimum Gasteiger partial charge on any atom is -0.378 e. The number of ether oxygens (including phenoxy) is 1. The van der Waals surface area contributed by atoms with E-state index in [9.17, 15) is 13.2 Å². The smallest absolute Gasteiger partial charge is 0.252 e. The monoisotopic (exact) mass is 431 g/mol. The molecule has 3 rings (SSSR count). The molecule has 3 N–H and O–H groups in total. The first-order chi connectivity index (χ1) is 11.7. The molecule has 9 nitrogen and oxygen atoms in total. The van der Waals surface area contributed by atoms with Crippen LogP contribution in [0.25, 0.3) is 5.52 Å². The SMILES string of the molecule is COC1CN(S(C)(=O)=O)CC1Nc1c(C(N)=O)cnn2cc(Br)cc12. The summed E-state index contributed by atoms with van der Waals surface area (Å²) in [6, 6.07) is 1.46. The van der Waals surface area contributed by atoms with E-state index in [4.69, 9.17) is 10.5 Å². The van der Waals surface area contributed by atoms with Gasteiger partial charge in [0.2, 0.25) is 10.0 Å². The molecule has 0 spiro atoms. The highest BCUT2D eigenvalue weighted by atomic mass is 79.9. The molecule has 3 heterocycles. The van der Waals surface area contributed by atoms with Crippen LogP contribution in [0.1, 0.15) is 10.4 Å². The molecule has 25 heavy (non-hydrogen) atoms. The Hall–Kier alpha value is -1.69. The molecule has 11 heteroatoms. The maximum atomic E-state index is 11.8. The Morgan fingerprint density at radius 1 is 1.48 bits per heavy atom. The molecule has 2 aromatic rings. The number of rotatable bonds is 5. The van der Waals surface area contributed by atoms with Crippen molar-refractivity contribution in [2.75, 3.05) is 31.8 Å². The minimum atomic E-state index is -3.34. The first kappa shape index (κ1) is 18.1. The molecule has 0 bridgehead atoms. The lowest BCUT2D eigenvalue weighted by Gasteiger charge is -2.21. The Balaban J connectivity index is 2.01. The lowest BCUT2D eigenvalue weighted by Crippen LogP contribution is -2.35. The number of amides is 1. The molecule has 136 valence electrons. The number of nitrogens with zero attached hydrogens (tertiary/aromatic N) is 3. The summed E-state index contributed by atoms with van der Waals surface area (Å²) in [5, 5.41) is 7.40. The van der Waals surface area contributed by atoms with Crippen molar-refractivity contribution < 1.29 is 17.9 Å². The number of nitrogens with one attached hydrogen (secondary N) is 1. The molecule has 0 aliphatic carbocycles. The molecule has 1 amide bonds. The van der Waals surface area contributed by atoms with Crippen LogP contribution in [0.3, 0.4) is 0 Å². The summed E-state index contributed by atoms with van der Waals surface area (Å²) in [4.78, 5) is 11.8. The molecule has 1 fully saturated rings. The van der Waals surface area contributed by atoms with Crippen molar-refractivity contribution in [1.82, 2.24) is 13.9 Å². The van der Waals surface area contributed by atoms with Gasteiger partial charge in [0.05, 0.1) is 41.4 Å². The van der Waals surface area contributed by atoms with Gasteiger partial charge >= 0.3 is 0 Å². The van der Waals surface area contributed by atoms with Crippen LogP contribution in [-0.2, 0) is 14.8 Å². The largest absolute Gasteiger partial charge is 0.378 e. The Morgan fingerprint density at radius 2 is 2.20 bits per heavy atom. The quantitative estimate of drug-likeness (QED) is 0.700. The summed E-state index contributed by atoms with van der Waals surface area (Å²) in [5.41, 5.74) is 6.85. The summed E-state index contributed by atoms with van der Waals surface area (Å²) in [6.45, 7) is 0.469. The lowest BCUT2D eigenvalue weighted by atomic mass is 10.1. The van der Waals surface area contributed by atoms with E-state index in [1.165, 1.54) is 17.6 Å². The average molecular weight is 432 g/mol.